The number of carbonyl (C=O) groups excluding carboxylic acids is 2. The molecule has 22 heavy (non-hydrogen) atoms. The Kier molecular flexibility index (Phi) is 5.55. The second kappa shape index (κ2) is 7.61. The quantitative estimate of drug-likeness (QED) is 0.665. The minimum atomic E-state index is -0.221. The van der Waals surface area contributed by atoms with Crippen molar-refractivity contribution in [3.05, 3.63) is 35.5 Å². The average Bonchev–Trinajstić information content (AvgIpc) is 2.82. The van der Waals surface area contributed by atoms with E-state index in [1.807, 2.05) is 31.2 Å². The van der Waals surface area contributed by atoms with Gasteiger partial charge in [-0.25, -0.2) is 0 Å². The molecule has 0 bridgehead atoms. The van der Waals surface area contributed by atoms with Gasteiger partial charge in [0.2, 0.25) is 11.8 Å². The Balaban J connectivity index is 1.89. The summed E-state index contributed by atoms with van der Waals surface area (Å²) in [6.45, 7) is 2.81. The van der Waals surface area contributed by atoms with Crippen LogP contribution in [0.4, 0.5) is 0 Å². The van der Waals surface area contributed by atoms with Gasteiger partial charge in [0, 0.05) is 30.3 Å². The van der Waals surface area contributed by atoms with Gasteiger partial charge in [0.05, 0.1) is 19.6 Å². The van der Waals surface area contributed by atoms with Gasteiger partial charge in [-0.2, -0.15) is 0 Å². The molecule has 1 heterocycles. The van der Waals surface area contributed by atoms with E-state index in [1.54, 1.807) is 7.11 Å². The van der Waals surface area contributed by atoms with E-state index in [2.05, 4.69) is 15.6 Å². The van der Waals surface area contributed by atoms with E-state index < -0.39 is 0 Å². The third-order valence-corrected chi connectivity index (χ3v) is 3.44. The number of aromatic nitrogens is 1. The maximum atomic E-state index is 12.0. The van der Waals surface area contributed by atoms with Gasteiger partial charge in [-0.1, -0.05) is 18.2 Å². The van der Waals surface area contributed by atoms with Gasteiger partial charge >= 0.3 is 0 Å². The number of carbonyl (C=O) groups is 2. The largest absolute Gasteiger partial charge is 0.383 e. The number of aromatic amines is 1. The highest BCUT2D eigenvalue weighted by atomic mass is 16.5. The summed E-state index contributed by atoms with van der Waals surface area (Å²) in [6.07, 6.45) is 0.251. The first kappa shape index (κ1) is 16.0. The van der Waals surface area contributed by atoms with Crippen molar-refractivity contribution in [1.82, 2.24) is 15.6 Å². The maximum Gasteiger partial charge on any atom is 0.239 e. The lowest BCUT2D eigenvalue weighted by Gasteiger charge is -2.07. The molecule has 2 aromatic rings. The molecular weight excluding hydrogens is 282 g/mol. The Morgan fingerprint density at radius 3 is 2.73 bits per heavy atom. The minimum Gasteiger partial charge on any atom is -0.383 e. The summed E-state index contributed by atoms with van der Waals surface area (Å²) in [5.41, 5.74) is 2.95. The molecule has 0 saturated heterocycles. The Labute approximate surface area is 129 Å². The van der Waals surface area contributed by atoms with Crippen molar-refractivity contribution >= 4 is 22.7 Å². The van der Waals surface area contributed by atoms with Crippen molar-refractivity contribution in [2.24, 2.45) is 0 Å². The molecule has 0 unspecified atom stereocenters. The Bertz CT molecular complexity index is 664. The van der Waals surface area contributed by atoms with E-state index in [4.69, 9.17) is 4.74 Å². The van der Waals surface area contributed by atoms with Crippen molar-refractivity contribution in [3.8, 4) is 0 Å². The molecule has 2 amide bonds. The highest BCUT2D eigenvalue weighted by molar-refractivity contribution is 5.91. The number of para-hydroxylation sites is 1. The van der Waals surface area contributed by atoms with Crippen LogP contribution in [0.5, 0.6) is 0 Å². The highest BCUT2D eigenvalue weighted by Gasteiger charge is 2.12. The molecule has 0 aliphatic rings. The summed E-state index contributed by atoms with van der Waals surface area (Å²) < 4.78 is 4.84. The average molecular weight is 303 g/mol. The first-order valence-electron chi connectivity index (χ1n) is 7.20. The number of benzene rings is 1. The van der Waals surface area contributed by atoms with Crippen molar-refractivity contribution in [1.29, 1.82) is 0 Å². The van der Waals surface area contributed by atoms with Crippen molar-refractivity contribution in [2.75, 3.05) is 26.8 Å². The molecule has 2 rings (SSSR count). The molecule has 0 aliphatic heterocycles. The Hall–Kier alpha value is -2.34. The predicted molar refractivity (Wildman–Crippen MR) is 84.6 cm³/mol. The number of amides is 2. The summed E-state index contributed by atoms with van der Waals surface area (Å²) in [7, 11) is 1.57. The van der Waals surface area contributed by atoms with E-state index in [9.17, 15) is 9.59 Å². The van der Waals surface area contributed by atoms with E-state index in [-0.39, 0.29) is 24.8 Å². The zero-order valence-corrected chi connectivity index (χ0v) is 12.9. The van der Waals surface area contributed by atoms with E-state index >= 15 is 0 Å². The van der Waals surface area contributed by atoms with Gasteiger partial charge in [0.25, 0.3) is 0 Å². The molecule has 0 saturated carbocycles. The van der Waals surface area contributed by atoms with Crippen molar-refractivity contribution in [3.63, 3.8) is 0 Å². The van der Waals surface area contributed by atoms with Crippen LogP contribution >= 0.6 is 0 Å². The topological polar surface area (TPSA) is 83.2 Å². The molecular formula is C16H21N3O3. The summed E-state index contributed by atoms with van der Waals surface area (Å²) in [4.78, 5) is 26.8. The standard InChI is InChI=1S/C16H21N3O3/c1-11-13(12-5-3-4-6-14(12)19-11)9-15(20)18-10-16(21)17-7-8-22-2/h3-6,19H,7-10H2,1-2H3,(H,17,21)(H,18,20). The number of methoxy groups -OCH3 is 1. The number of nitrogens with one attached hydrogen (secondary N) is 3. The van der Waals surface area contributed by atoms with Gasteiger partial charge in [-0.3, -0.25) is 9.59 Å². The Morgan fingerprint density at radius 2 is 1.95 bits per heavy atom. The molecule has 6 nitrogen and oxygen atoms in total. The number of H-pyrrole nitrogens is 1. The van der Waals surface area contributed by atoms with Crippen LogP contribution in [0.25, 0.3) is 10.9 Å². The fraction of sp³-hybridized carbons (Fsp3) is 0.375. The lowest BCUT2D eigenvalue weighted by Crippen LogP contribution is -2.38. The molecule has 0 spiro atoms. The van der Waals surface area contributed by atoms with E-state index in [0.717, 1.165) is 22.2 Å². The number of ether oxygens (including phenoxy) is 1. The lowest BCUT2D eigenvalue weighted by molar-refractivity contribution is -0.125. The van der Waals surface area contributed by atoms with Gasteiger partial charge in [0.15, 0.2) is 0 Å². The van der Waals surface area contributed by atoms with Crippen LogP contribution in [0.3, 0.4) is 0 Å². The predicted octanol–water partition coefficient (Wildman–Crippen LogP) is 0.898. The monoisotopic (exact) mass is 303 g/mol. The van der Waals surface area contributed by atoms with Crippen LogP contribution in [0.15, 0.2) is 24.3 Å². The van der Waals surface area contributed by atoms with Crippen LogP contribution in [0.1, 0.15) is 11.3 Å². The minimum absolute atomic E-state index is 0.0239. The second-order valence-corrected chi connectivity index (χ2v) is 5.07. The van der Waals surface area contributed by atoms with E-state index in [0.29, 0.717) is 13.2 Å². The number of aryl methyl sites for hydroxylation is 1. The number of hydrogen-bond acceptors (Lipinski definition) is 3. The fourth-order valence-corrected chi connectivity index (χ4v) is 2.32. The third kappa shape index (κ3) is 4.08. The van der Waals surface area contributed by atoms with Crippen LogP contribution in [0.2, 0.25) is 0 Å². The van der Waals surface area contributed by atoms with Crippen LogP contribution in [-0.2, 0) is 20.7 Å². The molecule has 0 aliphatic carbocycles. The first-order valence-corrected chi connectivity index (χ1v) is 7.20. The molecule has 0 radical (unpaired) electrons. The molecule has 3 N–H and O–H groups in total. The molecule has 118 valence electrons. The van der Waals surface area contributed by atoms with E-state index in [1.165, 1.54) is 0 Å². The lowest BCUT2D eigenvalue weighted by atomic mass is 10.1. The first-order chi connectivity index (χ1) is 10.6. The zero-order chi connectivity index (χ0) is 15.9. The second-order valence-electron chi connectivity index (χ2n) is 5.07. The summed E-state index contributed by atoms with van der Waals surface area (Å²) in [5, 5.41) is 6.33. The van der Waals surface area contributed by atoms with Gasteiger partial charge in [-0.05, 0) is 18.6 Å². The molecule has 6 heteroatoms. The van der Waals surface area contributed by atoms with Crippen molar-refractivity contribution in [2.45, 2.75) is 13.3 Å². The molecule has 1 aromatic carbocycles. The van der Waals surface area contributed by atoms with Gasteiger partial charge in [-0.15, -0.1) is 0 Å². The van der Waals surface area contributed by atoms with Gasteiger partial charge in [0.1, 0.15) is 0 Å². The number of hydrogen-bond donors (Lipinski definition) is 3. The fourth-order valence-electron chi connectivity index (χ4n) is 2.32. The molecule has 0 atom stereocenters. The number of fused-ring (bicyclic) bond motifs is 1. The van der Waals surface area contributed by atoms with Crippen molar-refractivity contribution < 1.29 is 14.3 Å². The highest BCUT2D eigenvalue weighted by Crippen LogP contribution is 2.22. The zero-order valence-electron chi connectivity index (χ0n) is 12.9. The van der Waals surface area contributed by atoms with Gasteiger partial charge < -0.3 is 20.4 Å². The SMILES string of the molecule is COCCNC(=O)CNC(=O)Cc1c(C)[nH]c2ccccc12. The van der Waals surface area contributed by atoms with Crippen LogP contribution < -0.4 is 10.6 Å². The Morgan fingerprint density at radius 1 is 1.18 bits per heavy atom. The third-order valence-electron chi connectivity index (χ3n) is 3.44. The number of rotatable bonds is 7. The van der Waals surface area contributed by atoms with Crippen LogP contribution in [-0.4, -0.2) is 43.6 Å². The maximum absolute atomic E-state index is 12.0. The van der Waals surface area contributed by atoms with Crippen LogP contribution in [0, 0.1) is 6.92 Å². The summed E-state index contributed by atoms with van der Waals surface area (Å²) >= 11 is 0. The molecule has 0 fully saturated rings. The summed E-state index contributed by atoms with van der Waals surface area (Å²) in [6, 6.07) is 7.86. The smallest absolute Gasteiger partial charge is 0.239 e. The summed E-state index contributed by atoms with van der Waals surface area (Å²) in [5.74, 6) is -0.393. The normalized spacial score (nSPS) is 10.6. The molecule has 1 aromatic heterocycles.